The van der Waals surface area contributed by atoms with Crippen molar-refractivity contribution in [2.75, 3.05) is 6.54 Å². The molecular weight excluding hydrogens is 142 g/mol. The molecule has 0 amide bonds. The summed E-state index contributed by atoms with van der Waals surface area (Å²) in [5.74, 6) is 6.99. The summed E-state index contributed by atoms with van der Waals surface area (Å²) in [5.41, 5.74) is 5.57. The van der Waals surface area contributed by atoms with Gasteiger partial charge in [0, 0.05) is 0 Å². The fourth-order valence-corrected chi connectivity index (χ4v) is 1.04. The summed E-state index contributed by atoms with van der Waals surface area (Å²) in [6, 6.07) is 0. The zero-order valence-corrected chi connectivity index (χ0v) is 5.94. The Balaban J connectivity index is 2.32. The van der Waals surface area contributed by atoms with Gasteiger partial charge in [0.25, 0.3) is 5.84 Å². The molecule has 2 rings (SSSR count). The minimum Gasteiger partial charge on any atom is -0.380 e. The average Bonchev–Trinajstić information content (AvgIpc) is 2.36. The Kier molecular flexibility index (Phi) is 1.21. The molecule has 2 heterocycles. The lowest BCUT2D eigenvalue weighted by Crippen LogP contribution is -2.47. The molecule has 1 radical (unpaired) electrons. The van der Waals surface area contributed by atoms with Gasteiger partial charge in [0.2, 0.25) is 0 Å². The second-order valence-electron chi connectivity index (χ2n) is 2.43. The molecule has 0 aliphatic carbocycles. The molecule has 0 saturated heterocycles. The van der Waals surface area contributed by atoms with Crippen molar-refractivity contribution >= 4 is 5.84 Å². The first-order valence-corrected chi connectivity index (χ1v) is 3.28. The Morgan fingerprint density at radius 3 is 3.27 bits per heavy atom. The van der Waals surface area contributed by atoms with E-state index in [1.807, 2.05) is 11.1 Å². The Morgan fingerprint density at radius 2 is 2.45 bits per heavy atom. The van der Waals surface area contributed by atoms with Crippen LogP contribution in [0.15, 0.2) is 29.4 Å². The van der Waals surface area contributed by atoms with Gasteiger partial charge in [0.05, 0.1) is 6.20 Å². The number of rotatable bonds is 0. The van der Waals surface area contributed by atoms with Crippen LogP contribution < -0.4 is 16.5 Å². The molecule has 5 heteroatoms. The third-order valence-electron chi connectivity index (χ3n) is 1.66. The molecule has 5 nitrogen and oxygen atoms in total. The van der Waals surface area contributed by atoms with Crippen LogP contribution in [0.4, 0.5) is 0 Å². The van der Waals surface area contributed by atoms with Gasteiger partial charge in [-0.05, 0) is 0 Å². The van der Waals surface area contributed by atoms with Gasteiger partial charge in [0.15, 0.2) is 18.2 Å². The normalized spacial score (nSPS) is 23.2. The van der Waals surface area contributed by atoms with E-state index in [1.165, 1.54) is 5.01 Å². The Labute approximate surface area is 64.2 Å². The highest BCUT2D eigenvalue weighted by Crippen LogP contribution is 2.08. The zero-order chi connectivity index (χ0) is 7.84. The molecule has 0 bridgehead atoms. The maximum absolute atomic E-state index is 5.57. The summed E-state index contributed by atoms with van der Waals surface area (Å²) >= 11 is 0. The second kappa shape index (κ2) is 2.08. The molecule has 2 aliphatic rings. The predicted molar refractivity (Wildman–Crippen MR) is 41.9 cm³/mol. The van der Waals surface area contributed by atoms with Crippen LogP contribution >= 0.6 is 0 Å². The van der Waals surface area contributed by atoms with Crippen LogP contribution in [-0.4, -0.2) is 17.4 Å². The first-order chi connectivity index (χ1) is 5.27. The van der Waals surface area contributed by atoms with E-state index in [9.17, 15) is 0 Å². The SMILES string of the molecule is NC1=C[N+]2C=CN=C2CN1N. The number of hydrazine groups is 1. The summed E-state index contributed by atoms with van der Waals surface area (Å²) in [6.07, 6.45) is 5.30. The van der Waals surface area contributed by atoms with E-state index in [1.54, 1.807) is 12.4 Å². The zero-order valence-electron chi connectivity index (χ0n) is 5.94. The van der Waals surface area contributed by atoms with Crippen LogP contribution in [0.25, 0.3) is 0 Å². The van der Waals surface area contributed by atoms with Crippen molar-refractivity contribution < 1.29 is 0 Å². The second-order valence-corrected chi connectivity index (χ2v) is 2.43. The van der Waals surface area contributed by atoms with E-state index in [4.69, 9.17) is 11.6 Å². The van der Waals surface area contributed by atoms with Gasteiger partial charge < -0.3 is 5.73 Å². The lowest BCUT2D eigenvalue weighted by Gasteiger charge is -2.20. The van der Waals surface area contributed by atoms with E-state index in [0.717, 1.165) is 5.84 Å². The molecule has 0 fully saturated rings. The molecule has 0 spiro atoms. The lowest BCUT2D eigenvalue weighted by molar-refractivity contribution is 0.384. The average molecular weight is 151 g/mol. The number of nitrogens with zero attached hydrogens (tertiary/aromatic N) is 3. The minimum atomic E-state index is 0.551. The van der Waals surface area contributed by atoms with Gasteiger partial charge in [-0.25, -0.2) is 5.84 Å². The monoisotopic (exact) mass is 151 g/mol. The van der Waals surface area contributed by atoms with Crippen LogP contribution in [0, 0.1) is 0 Å². The molecule has 0 saturated carbocycles. The van der Waals surface area contributed by atoms with Gasteiger partial charge in [-0.2, -0.15) is 4.99 Å². The smallest absolute Gasteiger partial charge is 0.283 e. The topological polar surface area (TPSA) is 73.5 Å². The van der Waals surface area contributed by atoms with Gasteiger partial charge in [-0.3, -0.25) is 5.01 Å². The number of amidine groups is 1. The maximum Gasteiger partial charge on any atom is 0.283 e. The number of hydrogen-bond donors (Lipinski definition) is 2. The van der Waals surface area contributed by atoms with Crippen molar-refractivity contribution in [2.24, 2.45) is 16.6 Å². The molecule has 57 valence electrons. The molecule has 4 N–H and O–H groups in total. The van der Waals surface area contributed by atoms with Gasteiger partial charge in [-0.15, -0.1) is 0 Å². The molecule has 0 aromatic rings. The van der Waals surface area contributed by atoms with E-state index in [2.05, 4.69) is 4.99 Å². The molecule has 11 heavy (non-hydrogen) atoms. The lowest BCUT2D eigenvalue weighted by atomic mass is 10.4. The van der Waals surface area contributed by atoms with Gasteiger partial charge >= 0.3 is 0 Å². The fourth-order valence-electron chi connectivity index (χ4n) is 1.04. The van der Waals surface area contributed by atoms with E-state index in [-0.39, 0.29) is 0 Å². The van der Waals surface area contributed by atoms with Crippen molar-refractivity contribution in [1.29, 1.82) is 0 Å². The van der Waals surface area contributed by atoms with E-state index < -0.39 is 0 Å². The Bertz CT molecular complexity index is 264. The van der Waals surface area contributed by atoms with Gasteiger partial charge in [-0.1, -0.05) is 4.90 Å². The van der Waals surface area contributed by atoms with Crippen molar-refractivity contribution in [3.05, 3.63) is 24.4 Å². The Morgan fingerprint density at radius 1 is 1.64 bits per heavy atom. The van der Waals surface area contributed by atoms with Crippen molar-refractivity contribution in [3.63, 3.8) is 0 Å². The third kappa shape index (κ3) is 0.903. The highest BCUT2D eigenvalue weighted by molar-refractivity contribution is 5.91. The minimum absolute atomic E-state index is 0.551. The number of hydrogen-bond acceptors (Lipinski definition) is 5. The van der Waals surface area contributed by atoms with Crippen molar-refractivity contribution in [3.8, 4) is 0 Å². The molecule has 2 aliphatic heterocycles. The largest absolute Gasteiger partial charge is 0.380 e. The van der Waals surface area contributed by atoms with E-state index in [0.29, 0.717) is 12.4 Å². The first kappa shape index (κ1) is 6.38. The summed E-state index contributed by atoms with van der Waals surface area (Å²) in [7, 11) is 0. The highest BCUT2D eigenvalue weighted by Gasteiger charge is 2.31. The number of nitrogens with two attached hydrogens (primary N) is 2. The third-order valence-corrected chi connectivity index (χ3v) is 1.66. The molecule has 0 aromatic carbocycles. The van der Waals surface area contributed by atoms with Crippen molar-refractivity contribution in [1.82, 2.24) is 9.91 Å². The van der Waals surface area contributed by atoms with Crippen LogP contribution in [-0.2, 0) is 0 Å². The quantitative estimate of drug-likeness (QED) is 0.343. The van der Waals surface area contributed by atoms with Crippen LogP contribution in [0.5, 0.6) is 0 Å². The predicted octanol–water partition coefficient (Wildman–Crippen LogP) is -1.04. The Hall–Kier alpha value is -1.33. The molecular formula is C6H9N5+. The fraction of sp³-hybridized carbons (Fsp3) is 0.167. The number of fused-ring (bicyclic) bond motifs is 1. The standard InChI is InChI=1S/C6H9N5/c7-5-3-10-2-1-9-6(10)4-11(5)8/h1-3H,4,7-8H2/q+1. The van der Waals surface area contributed by atoms with Gasteiger partial charge in [0.1, 0.15) is 6.54 Å². The molecule has 0 atom stereocenters. The number of aliphatic imine (C=N–C) groups is 1. The summed E-state index contributed by atoms with van der Waals surface area (Å²) < 4.78 is 0. The van der Waals surface area contributed by atoms with Crippen LogP contribution in [0.2, 0.25) is 0 Å². The summed E-state index contributed by atoms with van der Waals surface area (Å²) in [6.45, 7) is 0.565. The van der Waals surface area contributed by atoms with E-state index >= 15 is 0 Å². The van der Waals surface area contributed by atoms with Crippen molar-refractivity contribution in [2.45, 2.75) is 0 Å². The highest BCUT2D eigenvalue weighted by atomic mass is 15.5. The summed E-state index contributed by atoms with van der Waals surface area (Å²) in [4.78, 5) is 5.94. The van der Waals surface area contributed by atoms with Crippen LogP contribution in [0.3, 0.4) is 0 Å². The molecule has 0 aromatic heterocycles. The first-order valence-electron chi connectivity index (χ1n) is 3.28. The maximum atomic E-state index is 5.57. The van der Waals surface area contributed by atoms with Crippen LogP contribution in [0.1, 0.15) is 0 Å². The molecule has 0 unspecified atom stereocenters. The summed E-state index contributed by atoms with van der Waals surface area (Å²) in [5, 5.41) is 1.46.